The Labute approximate surface area is 213 Å². The minimum Gasteiger partial charge on any atom is -0.497 e. The molecule has 0 aliphatic heterocycles. The first kappa shape index (κ1) is 26.8. The van der Waals surface area contributed by atoms with E-state index in [4.69, 9.17) is 19.3 Å². The molecule has 0 aliphatic rings. The Morgan fingerprint density at radius 1 is 0.833 bits per heavy atom. The van der Waals surface area contributed by atoms with Crippen molar-refractivity contribution in [2.24, 2.45) is 0 Å². The highest BCUT2D eigenvalue weighted by atomic mass is 16.5. The summed E-state index contributed by atoms with van der Waals surface area (Å²) in [5.41, 5.74) is 2.83. The number of aryl methyl sites for hydroxylation is 1. The summed E-state index contributed by atoms with van der Waals surface area (Å²) in [4.78, 5) is 15.4. The number of hydrogen-bond donors (Lipinski definition) is 1. The van der Waals surface area contributed by atoms with Gasteiger partial charge < -0.3 is 19.3 Å². The van der Waals surface area contributed by atoms with Crippen LogP contribution in [0.4, 0.5) is 0 Å². The molecule has 0 aliphatic carbocycles. The molecule has 0 saturated heterocycles. The number of nitrogens with zero attached hydrogens (tertiary/aromatic N) is 1. The predicted octanol–water partition coefficient (Wildman–Crippen LogP) is 6.73. The van der Waals surface area contributed by atoms with Gasteiger partial charge >= 0.3 is 5.97 Å². The van der Waals surface area contributed by atoms with Gasteiger partial charge in [0, 0.05) is 12.1 Å². The van der Waals surface area contributed by atoms with Crippen LogP contribution in [0.15, 0.2) is 72.8 Å². The molecule has 0 unspecified atom stereocenters. The average Bonchev–Trinajstić information content (AvgIpc) is 2.91. The lowest BCUT2D eigenvalue weighted by Gasteiger charge is -2.11. The Kier molecular flexibility index (Phi) is 11.4. The van der Waals surface area contributed by atoms with Crippen molar-refractivity contribution in [3.63, 3.8) is 0 Å². The third kappa shape index (κ3) is 9.82. The van der Waals surface area contributed by atoms with E-state index in [9.17, 15) is 4.79 Å². The van der Waals surface area contributed by atoms with Crippen LogP contribution in [0.2, 0.25) is 0 Å². The smallest absolute Gasteiger partial charge is 0.328 e. The van der Waals surface area contributed by atoms with Crippen LogP contribution in [0.5, 0.6) is 17.4 Å². The SMILES string of the molecule is COc1ccc(CCCCCCCCOc2ccc(OCc3ccccc3)nc2C=CC(=O)O)cc1. The lowest BCUT2D eigenvalue weighted by atomic mass is 10.0. The zero-order valence-electron chi connectivity index (χ0n) is 20.9. The van der Waals surface area contributed by atoms with Crippen LogP contribution in [0.25, 0.3) is 6.08 Å². The molecule has 3 aromatic rings. The highest BCUT2D eigenvalue weighted by Crippen LogP contribution is 2.23. The molecule has 0 radical (unpaired) electrons. The molecule has 0 fully saturated rings. The standard InChI is InChI=1S/C30H35NO5/c1-34-26-16-14-24(15-17-26)11-7-4-2-3-5-10-22-35-28-19-20-29(31-27(28)18-21-30(32)33)36-23-25-12-8-6-9-13-25/h6,8-9,12-21H,2-5,7,10-11,22-23H2,1H3,(H,32,33). The molecule has 3 rings (SSSR count). The zero-order chi connectivity index (χ0) is 25.4. The van der Waals surface area contributed by atoms with Gasteiger partial charge in [0.25, 0.3) is 0 Å². The summed E-state index contributed by atoms with van der Waals surface area (Å²) in [6.45, 7) is 0.946. The van der Waals surface area contributed by atoms with E-state index in [1.54, 1.807) is 19.2 Å². The summed E-state index contributed by atoms with van der Waals surface area (Å²) in [5, 5.41) is 9.02. The number of methoxy groups -OCH3 is 1. The van der Waals surface area contributed by atoms with Crippen molar-refractivity contribution in [2.75, 3.05) is 13.7 Å². The van der Waals surface area contributed by atoms with Gasteiger partial charge in [-0.05, 0) is 54.7 Å². The number of aromatic nitrogens is 1. The summed E-state index contributed by atoms with van der Waals surface area (Å²) >= 11 is 0. The van der Waals surface area contributed by atoms with Crippen molar-refractivity contribution in [3.8, 4) is 17.4 Å². The second-order valence-electron chi connectivity index (χ2n) is 8.55. The molecule has 36 heavy (non-hydrogen) atoms. The second-order valence-corrected chi connectivity index (χ2v) is 8.55. The fourth-order valence-electron chi connectivity index (χ4n) is 3.76. The fourth-order valence-corrected chi connectivity index (χ4v) is 3.76. The van der Waals surface area contributed by atoms with Crippen molar-refractivity contribution in [1.29, 1.82) is 0 Å². The number of hydrogen-bond acceptors (Lipinski definition) is 5. The molecule has 2 aromatic carbocycles. The summed E-state index contributed by atoms with van der Waals surface area (Å²) in [6.07, 6.45) is 10.4. The molecular formula is C30H35NO5. The van der Waals surface area contributed by atoms with E-state index >= 15 is 0 Å². The van der Waals surface area contributed by atoms with Crippen molar-refractivity contribution >= 4 is 12.0 Å². The molecule has 190 valence electrons. The van der Waals surface area contributed by atoms with Crippen molar-refractivity contribution in [3.05, 3.63) is 89.6 Å². The van der Waals surface area contributed by atoms with Gasteiger partial charge in [0.1, 0.15) is 23.8 Å². The number of carbonyl (C=O) groups is 1. The van der Waals surface area contributed by atoms with Gasteiger partial charge in [-0.3, -0.25) is 0 Å². The maximum Gasteiger partial charge on any atom is 0.328 e. The zero-order valence-corrected chi connectivity index (χ0v) is 20.9. The number of carboxylic acid groups (broad SMARTS) is 1. The molecule has 0 amide bonds. The van der Waals surface area contributed by atoms with E-state index in [1.807, 2.05) is 42.5 Å². The first-order valence-corrected chi connectivity index (χ1v) is 12.5. The fraction of sp³-hybridized carbons (Fsp3) is 0.333. The van der Waals surface area contributed by atoms with Crippen molar-refractivity contribution in [2.45, 2.75) is 51.6 Å². The highest BCUT2D eigenvalue weighted by Gasteiger charge is 2.07. The number of ether oxygens (including phenoxy) is 3. The highest BCUT2D eigenvalue weighted by molar-refractivity contribution is 5.85. The molecule has 0 saturated carbocycles. The third-order valence-corrected chi connectivity index (χ3v) is 5.75. The number of carboxylic acids is 1. The van der Waals surface area contributed by atoms with Gasteiger partial charge in [0.15, 0.2) is 0 Å². The number of unbranched alkanes of at least 4 members (excludes halogenated alkanes) is 5. The van der Waals surface area contributed by atoms with Crippen LogP contribution in [-0.2, 0) is 17.8 Å². The van der Waals surface area contributed by atoms with E-state index in [-0.39, 0.29) is 0 Å². The number of benzene rings is 2. The van der Waals surface area contributed by atoms with Gasteiger partial charge in [-0.25, -0.2) is 9.78 Å². The van der Waals surface area contributed by atoms with E-state index in [2.05, 4.69) is 17.1 Å². The van der Waals surface area contributed by atoms with Crippen LogP contribution < -0.4 is 14.2 Å². The molecule has 0 bridgehead atoms. The Bertz CT molecular complexity index is 1080. The number of rotatable bonds is 16. The molecule has 0 atom stereocenters. The Morgan fingerprint density at radius 3 is 2.28 bits per heavy atom. The molecule has 6 heteroatoms. The summed E-state index contributed by atoms with van der Waals surface area (Å²) in [6, 6.07) is 21.6. The monoisotopic (exact) mass is 489 g/mol. The third-order valence-electron chi connectivity index (χ3n) is 5.75. The van der Waals surface area contributed by atoms with Gasteiger partial charge in [-0.2, -0.15) is 0 Å². The average molecular weight is 490 g/mol. The van der Waals surface area contributed by atoms with Crippen LogP contribution in [0.1, 0.15) is 55.3 Å². The van der Waals surface area contributed by atoms with Crippen LogP contribution >= 0.6 is 0 Å². The summed E-state index contributed by atoms with van der Waals surface area (Å²) in [7, 11) is 1.69. The molecule has 0 spiro atoms. The lowest BCUT2D eigenvalue weighted by Crippen LogP contribution is -2.03. The van der Waals surface area contributed by atoms with Crippen LogP contribution in [0.3, 0.4) is 0 Å². The van der Waals surface area contributed by atoms with Crippen molar-refractivity contribution in [1.82, 2.24) is 4.98 Å². The first-order chi connectivity index (χ1) is 17.6. The maximum absolute atomic E-state index is 11.0. The van der Waals surface area contributed by atoms with Gasteiger partial charge in [-0.15, -0.1) is 0 Å². The molecule has 1 N–H and O–H groups in total. The lowest BCUT2D eigenvalue weighted by molar-refractivity contribution is -0.131. The summed E-state index contributed by atoms with van der Waals surface area (Å²) in [5.74, 6) is 0.837. The first-order valence-electron chi connectivity index (χ1n) is 12.5. The minimum atomic E-state index is -1.04. The van der Waals surface area contributed by atoms with E-state index < -0.39 is 5.97 Å². The molecule has 6 nitrogen and oxygen atoms in total. The minimum absolute atomic E-state index is 0.385. The largest absolute Gasteiger partial charge is 0.497 e. The molecular weight excluding hydrogens is 454 g/mol. The van der Waals surface area contributed by atoms with Gasteiger partial charge in [0.2, 0.25) is 5.88 Å². The van der Waals surface area contributed by atoms with Gasteiger partial charge in [-0.1, -0.05) is 68.1 Å². The van der Waals surface area contributed by atoms with Crippen LogP contribution in [0, 0.1) is 0 Å². The molecule has 1 aromatic heterocycles. The predicted molar refractivity (Wildman–Crippen MR) is 142 cm³/mol. The number of aliphatic carboxylic acids is 1. The van der Waals surface area contributed by atoms with E-state index in [1.165, 1.54) is 37.3 Å². The molecule has 1 heterocycles. The topological polar surface area (TPSA) is 77.9 Å². The van der Waals surface area contributed by atoms with Gasteiger partial charge in [0.05, 0.1) is 13.7 Å². The van der Waals surface area contributed by atoms with Crippen LogP contribution in [-0.4, -0.2) is 29.8 Å². The summed E-state index contributed by atoms with van der Waals surface area (Å²) < 4.78 is 16.9. The van der Waals surface area contributed by atoms with E-state index in [0.717, 1.165) is 36.7 Å². The maximum atomic E-state index is 11.0. The van der Waals surface area contributed by atoms with E-state index in [0.29, 0.717) is 30.5 Å². The Balaban J connectivity index is 1.37. The Morgan fingerprint density at radius 2 is 1.56 bits per heavy atom. The number of pyridine rings is 1. The van der Waals surface area contributed by atoms with Crippen molar-refractivity contribution < 1.29 is 24.1 Å². The quantitative estimate of drug-likeness (QED) is 0.178. The normalized spacial score (nSPS) is 10.9. The Hall–Kier alpha value is -3.80. The second kappa shape index (κ2) is 15.2.